The van der Waals surface area contributed by atoms with E-state index in [0.29, 0.717) is 12.2 Å². The third-order valence-electron chi connectivity index (χ3n) is 5.12. The Morgan fingerprint density at radius 2 is 1.90 bits per heavy atom. The van der Waals surface area contributed by atoms with Crippen LogP contribution in [0.15, 0.2) is 36.4 Å². The number of morpholine rings is 1. The van der Waals surface area contributed by atoms with E-state index in [9.17, 15) is 9.59 Å². The number of ether oxygens (including phenoxy) is 1. The highest BCUT2D eigenvalue weighted by atomic mass is 16.5. The summed E-state index contributed by atoms with van der Waals surface area (Å²) in [5.74, 6) is -0.539. The predicted molar refractivity (Wildman–Crippen MR) is 110 cm³/mol. The number of aromatic nitrogens is 2. The van der Waals surface area contributed by atoms with Crippen molar-refractivity contribution in [2.45, 2.75) is 19.4 Å². The maximum absolute atomic E-state index is 12.8. The van der Waals surface area contributed by atoms with Crippen LogP contribution in [0.4, 0.5) is 0 Å². The first-order valence-electron chi connectivity index (χ1n) is 10.0. The van der Waals surface area contributed by atoms with Crippen LogP contribution in [-0.2, 0) is 4.74 Å². The second kappa shape index (κ2) is 10.2. The van der Waals surface area contributed by atoms with Crippen molar-refractivity contribution in [1.82, 2.24) is 25.3 Å². The number of rotatable bonds is 8. The molecule has 156 valence electrons. The quantitative estimate of drug-likeness (QED) is 0.654. The van der Waals surface area contributed by atoms with Crippen molar-refractivity contribution < 1.29 is 14.3 Å². The van der Waals surface area contributed by atoms with Gasteiger partial charge in [-0.05, 0) is 25.5 Å². The monoisotopic (exact) mass is 399 g/mol. The Morgan fingerprint density at radius 3 is 2.59 bits per heavy atom. The first-order chi connectivity index (χ1) is 14.1. The van der Waals surface area contributed by atoms with Gasteiger partial charge in [-0.15, -0.1) is 0 Å². The minimum atomic E-state index is -0.314. The molecule has 0 bridgehead atoms. The highest BCUT2D eigenvalue weighted by molar-refractivity contribution is 5.97. The van der Waals surface area contributed by atoms with Crippen LogP contribution in [-0.4, -0.2) is 72.9 Å². The van der Waals surface area contributed by atoms with Crippen LogP contribution in [0.1, 0.15) is 45.9 Å². The number of hydrogen-bond acceptors (Lipinski definition) is 5. The van der Waals surface area contributed by atoms with Crippen molar-refractivity contribution in [2.24, 2.45) is 0 Å². The van der Waals surface area contributed by atoms with E-state index in [0.717, 1.165) is 44.8 Å². The smallest absolute Gasteiger partial charge is 0.271 e. The molecular weight excluding hydrogens is 370 g/mol. The molecule has 8 nitrogen and oxygen atoms in total. The summed E-state index contributed by atoms with van der Waals surface area (Å²) >= 11 is 0. The van der Waals surface area contributed by atoms with Crippen molar-refractivity contribution in [2.75, 3.05) is 46.4 Å². The highest BCUT2D eigenvalue weighted by Crippen LogP contribution is 2.20. The fourth-order valence-electron chi connectivity index (χ4n) is 3.39. The van der Waals surface area contributed by atoms with Gasteiger partial charge in [0.1, 0.15) is 5.69 Å². The molecule has 0 saturated carbocycles. The number of hydrogen-bond donors (Lipinski definition) is 2. The fraction of sp³-hybridized carbons (Fsp3) is 0.476. The van der Waals surface area contributed by atoms with E-state index in [1.165, 1.54) is 0 Å². The molecule has 0 unspecified atom stereocenters. The minimum Gasteiger partial charge on any atom is -0.379 e. The van der Waals surface area contributed by atoms with Gasteiger partial charge in [0.15, 0.2) is 5.69 Å². The normalized spacial score (nSPS) is 15.7. The molecule has 1 atom stereocenters. The van der Waals surface area contributed by atoms with Crippen molar-refractivity contribution in [3.8, 4) is 0 Å². The molecule has 3 rings (SSSR count). The molecule has 1 fully saturated rings. The average molecular weight is 399 g/mol. The summed E-state index contributed by atoms with van der Waals surface area (Å²) in [5.41, 5.74) is 1.63. The first-order valence-corrected chi connectivity index (χ1v) is 10.0. The molecule has 1 aromatic heterocycles. The largest absolute Gasteiger partial charge is 0.379 e. The van der Waals surface area contributed by atoms with E-state index in [1.807, 2.05) is 37.3 Å². The van der Waals surface area contributed by atoms with Crippen molar-refractivity contribution >= 4 is 11.8 Å². The van der Waals surface area contributed by atoms with Crippen molar-refractivity contribution in [3.63, 3.8) is 0 Å². The number of benzene rings is 1. The SMILES string of the molecule is CNC(=O)c1cc(C(=O)NCCCN2CCOCC2)n([C@@H](C)c2ccccc2)n1. The van der Waals surface area contributed by atoms with Crippen LogP contribution in [0.25, 0.3) is 0 Å². The number of carbonyl (C=O) groups is 2. The van der Waals surface area contributed by atoms with Crippen molar-refractivity contribution in [3.05, 3.63) is 53.3 Å². The van der Waals surface area contributed by atoms with E-state index in [4.69, 9.17) is 4.74 Å². The molecule has 0 radical (unpaired) electrons. The number of nitrogens with one attached hydrogen (secondary N) is 2. The molecule has 1 aromatic carbocycles. The third-order valence-corrected chi connectivity index (χ3v) is 5.12. The van der Waals surface area contributed by atoms with Gasteiger partial charge in [0.05, 0.1) is 19.3 Å². The van der Waals surface area contributed by atoms with Crippen LogP contribution < -0.4 is 10.6 Å². The van der Waals surface area contributed by atoms with Gasteiger partial charge < -0.3 is 15.4 Å². The molecule has 29 heavy (non-hydrogen) atoms. The minimum absolute atomic E-state index is 0.177. The summed E-state index contributed by atoms with van der Waals surface area (Å²) in [6, 6.07) is 11.2. The van der Waals surface area contributed by atoms with Gasteiger partial charge in [-0.2, -0.15) is 5.10 Å². The molecule has 1 aliphatic heterocycles. The lowest BCUT2D eigenvalue weighted by Crippen LogP contribution is -2.38. The molecular formula is C21H29N5O3. The topological polar surface area (TPSA) is 88.5 Å². The lowest BCUT2D eigenvalue weighted by Gasteiger charge is -2.26. The Kier molecular flexibility index (Phi) is 7.37. The Bertz CT molecular complexity index is 815. The molecule has 0 aliphatic carbocycles. The maximum Gasteiger partial charge on any atom is 0.271 e. The van der Waals surface area contributed by atoms with Crippen LogP contribution in [0, 0.1) is 0 Å². The highest BCUT2D eigenvalue weighted by Gasteiger charge is 2.22. The van der Waals surface area contributed by atoms with Gasteiger partial charge in [0.25, 0.3) is 11.8 Å². The molecule has 2 amide bonds. The zero-order chi connectivity index (χ0) is 20.6. The molecule has 1 aliphatic rings. The van der Waals surface area contributed by atoms with E-state index in [1.54, 1.807) is 17.8 Å². The van der Waals surface area contributed by atoms with E-state index in [2.05, 4.69) is 20.6 Å². The molecule has 0 spiro atoms. The molecule has 2 heterocycles. The molecule has 2 N–H and O–H groups in total. The van der Waals surface area contributed by atoms with Gasteiger partial charge in [-0.25, -0.2) is 0 Å². The van der Waals surface area contributed by atoms with Gasteiger partial charge in [0, 0.05) is 32.7 Å². The molecule has 1 saturated heterocycles. The second-order valence-corrected chi connectivity index (χ2v) is 7.09. The maximum atomic E-state index is 12.8. The Hall–Kier alpha value is -2.71. The Balaban J connectivity index is 1.68. The standard InChI is InChI=1S/C21H29N5O3/c1-16(17-7-4-3-5-8-17)26-19(15-18(24-26)20(27)22-2)21(28)23-9-6-10-25-11-13-29-14-12-25/h3-5,7-8,15-16H,6,9-14H2,1-2H3,(H,22,27)(H,23,28)/t16-/m0/s1. The number of amides is 2. The summed E-state index contributed by atoms with van der Waals surface area (Å²) in [5, 5.41) is 9.93. The lowest BCUT2D eigenvalue weighted by atomic mass is 10.1. The summed E-state index contributed by atoms with van der Waals surface area (Å²) in [4.78, 5) is 27.2. The third kappa shape index (κ3) is 5.42. The van der Waals surface area contributed by atoms with Gasteiger partial charge >= 0.3 is 0 Å². The average Bonchev–Trinajstić information content (AvgIpc) is 3.22. The van der Waals surface area contributed by atoms with E-state index in [-0.39, 0.29) is 23.6 Å². The number of nitrogens with zero attached hydrogens (tertiary/aromatic N) is 3. The molecule has 8 heteroatoms. The van der Waals surface area contributed by atoms with Gasteiger partial charge in [-0.3, -0.25) is 19.2 Å². The number of carbonyl (C=O) groups excluding carboxylic acids is 2. The summed E-state index contributed by atoms with van der Waals surface area (Å²) in [6.45, 7) is 6.86. The van der Waals surface area contributed by atoms with Gasteiger partial charge in [-0.1, -0.05) is 30.3 Å². The molecule has 2 aromatic rings. The Labute approximate surface area is 171 Å². The zero-order valence-corrected chi connectivity index (χ0v) is 17.1. The summed E-state index contributed by atoms with van der Waals surface area (Å²) in [6.07, 6.45) is 0.858. The summed E-state index contributed by atoms with van der Waals surface area (Å²) in [7, 11) is 1.55. The fourth-order valence-corrected chi connectivity index (χ4v) is 3.39. The van der Waals surface area contributed by atoms with Crippen LogP contribution in [0.2, 0.25) is 0 Å². The van der Waals surface area contributed by atoms with Crippen LogP contribution in [0.3, 0.4) is 0 Å². The van der Waals surface area contributed by atoms with Crippen LogP contribution >= 0.6 is 0 Å². The van der Waals surface area contributed by atoms with E-state index < -0.39 is 0 Å². The van der Waals surface area contributed by atoms with Crippen molar-refractivity contribution in [1.29, 1.82) is 0 Å². The zero-order valence-electron chi connectivity index (χ0n) is 17.1. The predicted octanol–water partition coefficient (Wildman–Crippen LogP) is 1.30. The van der Waals surface area contributed by atoms with Gasteiger partial charge in [0.2, 0.25) is 0 Å². The summed E-state index contributed by atoms with van der Waals surface area (Å²) < 4.78 is 6.97. The lowest BCUT2D eigenvalue weighted by molar-refractivity contribution is 0.0374. The van der Waals surface area contributed by atoms with Crippen LogP contribution in [0.5, 0.6) is 0 Å². The first kappa shape index (κ1) is 21.0. The Morgan fingerprint density at radius 1 is 1.17 bits per heavy atom. The second-order valence-electron chi connectivity index (χ2n) is 7.09. The van der Waals surface area contributed by atoms with E-state index >= 15 is 0 Å².